The number of ether oxygens (including phenoxy) is 1. The van der Waals surface area contributed by atoms with Crippen LogP contribution in [-0.4, -0.2) is 71.2 Å². The summed E-state index contributed by atoms with van der Waals surface area (Å²) in [5, 5.41) is 10.2. The minimum Gasteiger partial charge on any atom is -0.497 e. The monoisotopic (exact) mass is 471 g/mol. The zero-order valence-electron chi connectivity index (χ0n) is 20.2. The molecule has 5 rings (SSSR count). The highest BCUT2D eigenvalue weighted by molar-refractivity contribution is 5.78. The van der Waals surface area contributed by atoms with Gasteiger partial charge in [-0.2, -0.15) is 0 Å². The Morgan fingerprint density at radius 2 is 1.63 bits per heavy atom. The van der Waals surface area contributed by atoms with Crippen LogP contribution >= 0.6 is 0 Å². The number of aromatic nitrogens is 1. The lowest BCUT2D eigenvalue weighted by Crippen LogP contribution is -2.68. The van der Waals surface area contributed by atoms with E-state index in [1.807, 2.05) is 29.2 Å². The van der Waals surface area contributed by atoms with Crippen molar-refractivity contribution in [3.05, 3.63) is 84.2 Å². The lowest BCUT2D eigenvalue weighted by molar-refractivity contribution is -0.135. The van der Waals surface area contributed by atoms with Crippen LogP contribution in [0.15, 0.2) is 73.1 Å². The first-order valence-electron chi connectivity index (χ1n) is 12.5. The van der Waals surface area contributed by atoms with Crippen molar-refractivity contribution in [2.75, 3.05) is 33.4 Å². The number of aliphatic hydroxyl groups excluding tert-OH is 1. The van der Waals surface area contributed by atoms with E-state index < -0.39 is 0 Å². The average Bonchev–Trinajstić information content (AvgIpc) is 2.89. The van der Waals surface area contributed by atoms with Crippen LogP contribution in [0.4, 0.5) is 0 Å². The molecule has 1 amide bonds. The molecule has 182 valence electrons. The fourth-order valence-electron chi connectivity index (χ4n) is 5.64. The van der Waals surface area contributed by atoms with Crippen LogP contribution in [0, 0.1) is 0 Å². The molecule has 35 heavy (non-hydrogen) atoms. The van der Waals surface area contributed by atoms with E-state index in [4.69, 9.17) is 4.74 Å². The van der Waals surface area contributed by atoms with E-state index in [0.717, 1.165) is 48.4 Å². The molecular formula is C29H33N3O3. The summed E-state index contributed by atoms with van der Waals surface area (Å²) in [7, 11) is 1.67. The molecule has 6 heteroatoms. The van der Waals surface area contributed by atoms with Gasteiger partial charge in [0.2, 0.25) is 5.91 Å². The number of carbonyl (C=O) groups excluding carboxylic acids is 1. The number of hydrogen-bond acceptors (Lipinski definition) is 5. The quantitative estimate of drug-likeness (QED) is 0.593. The van der Waals surface area contributed by atoms with Gasteiger partial charge in [-0.05, 0) is 65.9 Å². The summed E-state index contributed by atoms with van der Waals surface area (Å²) < 4.78 is 5.27. The number of aliphatic hydroxyl groups is 1. The van der Waals surface area contributed by atoms with E-state index >= 15 is 0 Å². The Kier molecular flexibility index (Phi) is 7.11. The second kappa shape index (κ2) is 10.6. The molecule has 6 nitrogen and oxygen atoms in total. The van der Waals surface area contributed by atoms with Crippen molar-refractivity contribution in [3.63, 3.8) is 0 Å². The van der Waals surface area contributed by atoms with Gasteiger partial charge in [0.05, 0.1) is 20.1 Å². The number of benzene rings is 2. The van der Waals surface area contributed by atoms with Gasteiger partial charge in [0.25, 0.3) is 0 Å². The third-order valence-corrected chi connectivity index (χ3v) is 7.55. The molecule has 1 N–H and O–H groups in total. The SMILES string of the molecule is COc1ccc(-c2ccc([C@@H]3[C@@H](CO)N4CCCCN(C(=O)Cc5ccncc5)C[C@H]34)cc2)cc1. The Balaban J connectivity index is 1.33. The molecule has 0 unspecified atom stereocenters. The van der Waals surface area contributed by atoms with Crippen LogP contribution in [-0.2, 0) is 11.2 Å². The molecule has 2 aliphatic rings. The van der Waals surface area contributed by atoms with Gasteiger partial charge in [0.15, 0.2) is 0 Å². The second-order valence-electron chi connectivity index (χ2n) is 9.51. The standard InChI is InChI=1S/C29H33N3O3/c1-35-25-10-8-23(9-11-25)22-4-6-24(7-5-22)29-26-19-31(16-2-3-17-32(26)27(29)20-33)28(34)18-21-12-14-30-15-13-21/h4-15,26-27,29,33H,2-3,16-20H2,1H3/t26-,27-,29+/m1/s1. The lowest BCUT2D eigenvalue weighted by atomic mass is 9.74. The van der Waals surface area contributed by atoms with Gasteiger partial charge in [0.1, 0.15) is 5.75 Å². The average molecular weight is 472 g/mol. The molecule has 2 saturated heterocycles. The van der Waals surface area contributed by atoms with Gasteiger partial charge in [-0.3, -0.25) is 14.7 Å². The molecule has 0 bridgehead atoms. The maximum Gasteiger partial charge on any atom is 0.227 e. The van der Waals surface area contributed by atoms with E-state index in [1.165, 1.54) is 5.56 Å². The Labute approximate surface area is 207 Å². The number of rotatable bonds is 6. The summed E-state index contributed by atoms with van der Waals surface area (Å²) in [5.41, 5.74) is 4.52. The Hall–Kier alpha value is -3.22. The van der Waals surface area contributed by atoms with E-state index in [9.17, 15) is 9.90 Å². The molecule has 3 atom stereocenters. The molecule has 2 aliphatic heterocycles. The van der Waals surface area contributed by atoms with Crippen molar-refractivity contribution < 1.29 is 14.6 Å². The maximum absolute atomic E-state index is 13.2. The van der Waals surface area contributed by atoms with Crippen LogP contribution in [0.1, 0.15) is 29.9 Å². The smallest absolute Gasteiger partial charge is 0.227 e. The van der Waals surface area contributed by atoms with E-state index in [0.29, 0.717) is 13.0 Å². The summed E-state index contributed by atoms with van der Waals surface area (Å²) in [4.78, 5) is 21.7. The van der Waals surface area contributed by atoms with E-state index in [-0.39, 0.29) is 30.5 Å². The summed E-state index contributed by atoms with van der Waals surface area (Å²) in [6, 6.07) is 20.9. The minimum atomic E-state index is 0.0992. The van der Waals surface area contributed by atoms with Crippen molar-refractivity contribution in [3.8, 4) is 16.9 Å². The fourth-order valence-corrected chi connectivity index (χ4v) is 5.64. The molecule has 1 aromatic heterocycles. The first-order chi connectivity index (χ1) is 17.2. The minimum absolute atomic E-state index is 0.0992. The first-order valence-corrected chi connectivity index (χ1v) is 12.5. The van der Waals surface area contributed by atoms with Gasteiger partial charge >= 0.3 is 0 Å². The lowest BCUT2D eigenvalue weighted by Gasteiger charge is -2.57. The number of carbonyl (C=O) groups is 1. The first kappa shape index (κ1) is 23.5. The molecule has 0 aliphatic carbocycles. The fraction of sp³-hybridized carbons (Fsp3) is 0.379. The predicted molar refractivity (Wildman–Crippen MR) is 136 cm³/mol. The number of amides is 1. The number of hydrogen-bond donors (Lipinski definition) is 1. The molecule has 0 radical (unpaired) electrons. The van der Waals surface area contributed by atoms with Crippen LogP contribution < -0.4 is 4.74 Å². The number of nitrogens with zero attached hydrogens (tertiary/aromatic N) is 3. The molecule has 3 heterocycles. The van der Waals surface area contributed by atoms with Crippen molar-refractivity contribution >= 4 is 5.91 Å². The molecule has 2 aromatic carbocycles. The summed E-state index contributed by atoms with van der Waals surface area (Å²) in [6.07, 6.45) is 5.90. The van der Waals surface area contributed by atoms with Crippen molar-refractivity contribution in [1.29, 1.82) is 0 Å². The zero-order valence-corrected chi connectivity index (χ0v) is 20.2. The molecule has 3 aromatic rings. The van der Waals surface area contributed by atoms with Crippen LogP contribution in [0.25, 0.3) is 11.1 Å². The maximum atomic E-state index is 13.2. The van der Waals surface area contributed by atoms with E-state index in [1.54, 1.807) is 19.5 Å². The Bertz CT molecular complexity index is 1120. The van der Waals surface area contributed by atoms with Crippen molar-refractivity contribution in [1.82, 2.24) is 14.8 Å². The topological polar surface area (TPSA) is 65.9 Å². The van der Waals surface area contributed by atoms with Crippen molar-refractivity contribution in [2.24, 2.45) is 0 Å². The van der Waals surface area contributed by atoms with Crippen molar-refractivity contribution in [2.45, 2.75) is 37.3 Å². The number of pyridine rings is 1. The third kappa shape index (κ3) is 4.95. The van der Waals surface area contributed by atoms with Gasteiger partial charge < -0.3 is 14.7 Å². The highest BCUT2D eigenvalue weighted by Crippen LogP contribution is 2.42. The zero-order chi connectivity index (χ0) is 24.2. The number of methoxy groups -OCH3 is 1. The summed E-state index contributed by atoms with van der Waals surface area (Å²) >= 11 is 0. The molecule has 2 fully saturated rings. The highest BCUT2D eigenvalue weighted by Gasteiger charge is 2.49. The van der Waals surface area contributed by atoms with Crippen LogP contribution in [0.5, 0.6) is 5.75 Å². The Morgan fingerprint density at radius 3 is 2.29 bits per heavy atom. The summed E-state index contributed by atoms with van der Waals surface area (Å²) in [6.45, 7) is 2.60. The van der Waals surface area contributed by atoms with Crippen LogP contribution in [0.3, 0.4) is 0 Å². The highest BCUT2D eigenvalue weighted by atomic mass is 16.5. The molecule has 0 spiro atoms. The van der Waals surface area contributed by atoms with Crippen LogP contribution in [0.2, 0.25) is 0 Å². The van der Waals surface area contributed by atoms with Gasteiger partial charge in [-0.25, -0.2) is 0 Å². The molecule has 0 saturated carbocycles. The normalized spacial score (nSPS) is 22.5. The largest absolute Gasteiger partial charge is 0.497 e. The van der Waals surface area contributed by atoms with Gasteiger partial charge in [-0.1, -0.05) is 36.4 Å². The number of fused-ring (bicyclic) bond motifs is 1. The molecular weight excluding hydrogens is 438 g/mol. The Morgan fingerprint density at radius 1 is 0.971 bits per heavy atom. The second-order valence-corrected chi connectivity index (χ2v) is 9.51. The third-order valence-electron chi connectivity index (χ3n) is 7.55. The predicted octanol–water partition coefficient (Wildman–Crippen LogP) is 3.75. The van der Waals surface area contributed by atoms with Gasteiger partial charge in [0, 0.05) is 43.5 Å². The summed E-state index contributed by atoms with van der Waals surface area (Å²) in [5.74, 6) is 1.22. The van der Waals surface area contributed by atoms with Gasteiger partial charge in [-0.15, -0.1) is 0 Å². The van der Waals surface area contributed by atoms with E-state index in [2.05, 4.69) is 46.3 Å².